The molecule has 0 saturated carbocycles. The van der Waals surface area contributed by atoms with Gasteiger partial charge in [0.05, 0.1) is 11.6 Å². The van der Waals surface area contributed by atoms with E-state index in [1.807, 2.05) is 18.2 Å². The van der Waals surface area contributed by atoms with Gasteiger partial charge < -0.3 is 15.4 Å². The lowest BCUT2D eigenvalue weighted by Gasteiger charge is -2.22. The number of carbonyl (C=O) groups is 1. The van der Waals surface area contributed by atoms with Crippen LogP contribution in [0.3, 0.4) is 0 Å². The van der Waals surface area contributed by atoms with Crippen LogP contribution in [0.5, 0.6) is 5.75 Å². The average molecular weight is 325 g/mol. The largest absolute Gasteiger partial charge is 0.492 e. The maximum Gasteiger partial charge on any atom is 0.220 e. The molecule has 5 heteroatoms. The highest BCUT2D eigenvalue weighted by Crippen LogP contribution is 2.23. The lowest BCUT2D eigenvalue weighted by atomic mass is 9.96. The Morgan fingerprint density at radius 1 is 1.41 bits per heavy atom. The van der Waals surface area contributed by atoms with Crippen LogP contribution in [-0.2, 0) is 4.79 Å². The molecule has 1 amide bonds. The topological polar surface area (TPSA) is 50.4 Å². The zero-order valence-electron chi connectivity index (χ0n) is 12.9. The van der Waals surface area contributed by atoms with Crippen molar-refractivity contribution in [3.63, 3.8) is 0 Å². The van der Waals surface area contributed by atoms with Gasteiger partial charge in [0.25, 0.3) is 0 Å². The lowest BCUT2D eigenvalue weighted by Crippen LogP contribution is -2.33. The Morgan fingerprint density at radius 2 is 2.27 bits per heavy atom. The fraction of sp³-hybridized carbons (Fsp3) is 0.588. The average Bonchev–Trinajstić information content (AvgIpc) is 2.54. The highest BCUT2D eigenvalue weighted by Gasteiger charge is 2.12. The lowest BCUT2D eigenvalue weighted by molar-refractivity contribution is -0.121. The van der Waals surface area contributed by atoms with Crippen molar-refractivity contribution in [1.82, 2.24) is 10.6 Å². The second kappa shape index (κ2) is 9.70. The van der Waals surface area contributed by atoms with E-state index in [9.17, 15) is 4.79 Å². The number of halogens is 1. The summed E-state index contributed by atoms with van der Waals surface area (Å²) < 4.78 is 5.57. The van der Waals surface area contributed by atoms with Crippen molar-refractivity contribution >= 4 is 17.5 Å². The van der Waals surface area contributed by atoms with E-state index in [1.165, 1.54) is 12.8 Å². The number of amides is 1. The summed E-state index contributed by atoms with van der Waals surface area (Å²) >= 11 is 6.00. The van der Waals surface area contributed by atoms with E-state index in [4.69, 9.17) is 16.3 Å². The van der Waals surface area contributed by atoms with E-state index in [2.05, 4.69) is 10.6 Å². The van der Waals surface area contributed by atoms with Crippen molar-refractivity contribution in [2.45, 2.75) is 32.1 Å². The summed E-state index contributed by atoms with van der Waals surface area (Å²) in [6.45, 7) is 3.50. The molecular weight excluding hydrogens is 300 g/mol. The van der Waals surface area contributed by atoms with Crippen LogP contribution in [0.25, 0.3) is 0 Å². The van der Waals surface area contributed by atoms with E-state index < -0.39 is 0 Å². The first-order valence-corrected chi connectivity index (χ1v) is 8.48. The predicted molar refractivity (Wildman–Crippen MR) is 89.4 cm³/mol. The van der Waals surface area contributed by atoms with Crippen molar-refractivity contribution < 1.29 is 9.53 Å². The first-order valence-electron chi connectivity index (χ1n) is 8.10. The van der Waals surface area contributed by atoms with Gasteiger partial charge in [0, 0.05) is 13.0 Å². The molecule has 2 N–H and O–H groups in total. The fourth-order valence-corrected chi connectivity index (χ4v) is 2.84. The molecular formula is C17H25ClN2O2. The van der Waals surface area contributed by atoms with Gasteiger partial charge in [0.1, 0.15) is 5.75 Å². The van der Waals surface area contributed by atoms with Crippen molar-refractivity contribution in [2.24, 2.45) is 5.92 Å². The molecule has 1 aliphatic rings. The van der Waals surface area contributed by atoms with Crippen LogP contribution >= 0.6 is 11.6 Å². The molecule has 1 unspecified atom stereocenters. The van der Waals surface area contributed by atoms with Crippen LogP contribution in [0, 0.1) is 5.92 Å². The number of ether oxygens (including phenoxy) is 1. The SMILES string of the molecule is O=C(CCCOc1ccccc1Cl)NCCC1CCCNC1. The highest BCUT2D eigenvalue weighted by atomic mass is 35.5. The quantitative estimate of drug-likeness (QED) is 0.723. The number of para-hydroxylation sites is 1. The van der Waals surface area contributed by atoms with Crippen molar-refractivity contribution in [2.75, 3.05) is 26.2 Å². The predicted octanol–water partition coefficient (Wildman–Crippen LogP) is 3.00. The molecule has 0 bridgehead atoms. The van der Waals surface area contributed by atoms with E-state index in [1.54, 1.807) is 6.07 Å². The van der Waals surface area contributed by atoms with Crippen molar-refractivity contribution in [3.8, 4) is 5.75 Å². The summed E-state index contributed by atoms with van der Waals surface area (Å²) in [7, 11) is 0. The van der Waals surface area contributed by atoms with E-state index in [0.717, 1.165) is 26.1 Å². The molecule has 0 aromatic heterocycles. The highest BCUT2D eigenvalue weighted by molar-refractivity contribution is 6.32. The van der Waals surface area contributed by atoms with Crippen molar-refractivity contribution in [1.29, 1.82) is 0 Å². The van der Waals surface area contributed by atoms with Crippen LogP contribution in [0.1, 0.15) is 32.1 Å². The third-order valence-electron chi connectivity index (χ3n) is 3.92. The molecule has 1 atom stereocenters. The zero-order valence-corrected chi connectivity index (χ0v) is 13.7. The van der Waals surface area contributed by atoms with Crippen LogP contribution < -0.4 is 15.4 Å². The molecule has 0 aliphatic carbocycles. The van der Waals surface area contributed by atoms with Crippen LogP contribution in [0.15, 0.2) is 24.3 Å². The summed E-state index contributed by atoms with van der Waals surface area (Å²) in [4.78, 5) is 11.8. The van der Waals surface area contributed by atoms with Gasteiger partial charge in [-0.15, -0.1) is 0 Å². The minimum Gasteiger partial charge on any atom is -0.492 e. The third-order valence-corrected chi connectivity index (χ3v) is 4.23. The molecule has 1 saturated heterocycles. The first kappa shape index (κ1) is 17.1. The third kappa shape index (κ3) is 6.24. The molecule has 1 aliphatic heterocycles. The Bertz CT molecular complexity index is 462. The van der Waals surface area contributed by atoms with E-state index in [0.29, 0.717) is 36.1 Å². The Labute approximate surface area is 137 Å². The summed E-state index contributed by atoms with van der Waals surface area (Å²) in [5.41, 5.74) is 0. The van der Waals surface area contributed by atoms with Crippen LogP contribution in [0.4, 0.5) is 0 Å². The van der Waals surface area contributed by atoms with Gasteiger partial charge in [-0.05, 0) is 56.8 Å². The molecule has 1 aromatic carbocycles. The number of rotatable bonds is 8. The molecule has 0 radical (unpaired) electrons. The number of nitrogens with one attached hydrogen (secondary N) is 2. The number of benzene rings is 1. The standard InChI is InChI=1S/C17H25ClN2O2/c18-15-6-1-2-7-16(15)22-12-4-8-17(21)20-11-9-14-5-3-10-19-13-14/h1-2,6-7,14,19H,3-5,8-13H2,(H,20,21). The Morgan fingerprint density at radius 3 is 3.05 bits per heavy atom. The number of piperidine rings is 1. The molecule has 1 fully saturated rings. The minimum atomic E-state index is 0.103. The normalized spacial score (nSPS) is 18.0. The molecule has 4 nitrogen and oxygen atoms in total. The molecule has 0 spiro atoms. The Balaban J connectivity index is 1.51. The molecule has 122 valence electrons. The fourth-order valence-electron chi connectivity index (χ4n) is 2.65. The van der Waals surface area contributed by atoms with Gasteiger partial charge in [0.15, 0.2) is 0 Å². The Kier molecular flexibility index (Phi) is 7.54. The smallest absolute Gasteiger partial charge is 0.220 e. The van der Waals surface area contributed by atoms with Gasteiger partial charge in [0.2, 0.25) is 5.91 Å². The molecule has 2 rings (SSSR count). The van der Waals surface area contributed by atoms with Gasteiger partial charge >= 0.3 is 0 Å². The van der Waals surface area contributed by atoms with Gasteiger partial charge in [-0.25, -0.2) is 0 Å². The van der Waals surface area contributed by atoms with E-state index in [-0.39, 0.29) is 5.91 Å². The summed E-state index contributed by atoms with van der Waals surface area (Å²) in [5.74, 6) is 1.48. The summed E-state index contributed by atoms with van der Waals surface area (Å²) in [6.07, 6.45) is 4.77. The molecule has 1 aromatic rings. The van der Waals surface area contributed by atoms with Gasteiger partial charge in [-0.3, -0.25) is 4.79 Å². The minimum absolute atomic E-state index is 0.103. The van der Waals surface area contributed by atoms with Gasteiger partial charge in [-0.1, -0.05) is 23.7 Å². The monoisotopic (exact) mass is 324 g/mol. The maximum absolute atomic E-state index is 11.8. The number of hydrogen-bond acceptors (Lipinski definition) is 3. The maximum atomic E-state index is 11.8. The second-order valence-electron chi connectivity index (χ2n) is 5.73. The van der Waals surface area contributed by atoms with E-state index >= 15 is 0 Å². The second-order valence-corrected chi connectivity index (χ2v) is 6.14. The molecule has 1 heterocycles. The summed E-state index contributed by atoms with van der Waals surface area (Å²) in [5, 5.41) is 6.99. The van der Waals surface area contributed by atoms with Crippen molar-refractivity contribution in [3.05, 3.63) is 29.3 Å². The summed E-state index contributed by atoms with van der Waals surface area (Å²) in [6, 6.07) is 7.38. The van der Waals surface area contributed by atoms with Gasteiger partial charge in [-0.2, -0.15) is 0 Å². The number of hydrogen-bond donors (Lipinski definition) is 2. The van der Waals surface area contributed by atoms with Crippen LogP contribution in [-0.4, -0.2) is 32.1 Å². The molecule has 22 heavy (non-hydrogen) atoms. The zero-order chi connectivity index (χ0) is 15.6. The number of carbonyl (C=O) groups excluding carboxylic acids is 1. The Hall–Kier alpha value is -1.26. The first-order chi connectivity index (χ1) is 10.8. The van der Waals surface area contributed by atoms with Crippen LogP contribution in [0.2, 0.25) is 5.02 Å².